The van der Waals surface area contributed by atoms with Gasteiger partial charge in [0.05, 0.1) is 11.0 Å². The average molecular weight is 314 g/mol. The maximum Gasteiger partial charge on any atom is 0.309 e. The van der Waals surface area contributed by atoms with Crippen LogP contribution in [-0.4, -0.2) is 16.2 Å². The highest BCUT2D eigenvalue weighted by Crippen LogP contribution is 2.56. The van der Waals surface area contributed by atoms with E-state index in [1.54, 1.807) is 13.8 Å². The Bertz CT molecular complexity index is 683. The van der Waals surface area contributed by atoms with E-state index in [1.165, 1.54) is 5.56 Å². The fraction of sp³-hybridized carbons (Fsp3) is 0.550. The molecule has 0 spiro atoms. The van der Waals surface area contributed by atoms with Crippen LogP contribution in [0.25, 0.3) is 6.08 Å². The molecule has 2 aliphatic rings. The van der Waals surface area contributed by atoms with Crippen LogP contribution in [-0.2, 0) is 15.8 Å². The van der Waals surface area contributed by atoms with Crippen LogP contribution in [0.1, 0.15) is 63.6 Å². The van der Waals surface area contributed by atoms with Gasteiger partial charge in [0.15, 0.2) is 0 Å². The van der Waals surface area contributed by atoms with Crippen molar-refractivity contribution >= 4 is 12.0 Å². The van der Waals surface area contributed by atoms with Gasteiger partial charge in [-0.05, 0) is 56.4 Å². The Labute approximate surface area is 138 Å². The topological polar surface area (TPSA) is 57.5 Å². The largest absolute Gasteiger partial charge is 0.481 e. The molecule has 0 aromatic heterocycles. The van der Waals surface area contributed by atoms with Crippen molar-refractivity contribution in [2.45, 2.75) is 58.0 Å². The van der Waals surface area contributed by atoms with Crippen molar-refractivity contribution in [1.29, 1.82) is 0 Å². The number of carbonyl (C=O) groups is 1. The van der Waals surface area contributed by atoms with Crippen molar-refractivity contribution in [3.8, 4) is 0 Å². The lowest BCUT2D eigenvalue weighted by Gasteiger charge is -2.51. The molecule has 0 radical (unpaired) electrons. The summed E-state index contributed by atoms with van der Waals surface area (Å²) in [4.78, 5) is 11.9. The van der Waals surface area contributed by atoms with Crippen LogP contribution in [0, 0.1) is 11.3 Å². The van der Waals surface area contributed by atoms with Gasteiger partial charge in [-0.3, -0.25) is 4.79 Å². The van der Waals surface area contributed by atoms with E-state index in [0.717, 1.165) is 30.4 Å². The number of hydrogen-bond donors (Lipinski definition) is 2. The molecule has 2 N–H and O–H groups in total. The van der Waals surface area contributed by atoms with E-state index >= 15 is 0 Å². The Morgan fingerprint density at radius 3 is 2.57 bits per heavy atom. The van der Waals surface area contributed by atoms with Crippen LogP contribution in [0.15, 0.2) is 24.3 Å². The lowest BCUT2D eigenvalue weighted by Crippen LogP contribution is -2.50. The third kappa shape index (κ3) is 2.33. The minimum Gasteiger partial charge on any atom is -0.481 e. The first kappa shape index (κ1) is 16.3. The molecule has 3 heteroatoms. The molecule has 23 heavy (non-hydrogen) atoms. The molecule has 0 bridgehead atoms. The van der Waals surface area contributed by atoms with E-state index in [2.05, 4.69) is 19.1 Å². The first-order valence-electron chi connectivity index (χ1n) is 8.38. The Hall–Kier alpha value is -1.61. The van der Waals surface area contributed by atoms with Crippen LogP contribution >= 0.6 is 0 Å². The predicted octanol–water partition coefficient (Wildman–Crippen LogP) is 4.09. The predicted molar refractivity (Wildman–Crippen MR) is 91.2 cm³/mol. The van der Waals surface area contributed by atoms with E-state index in [1.807, 2.05) is 25.1 Å². The second-order valence-electron chi connectivity index (χ2n) is 8.19. The third-order valence-electron chi connectivity index (χ3n) is 6.10. The maximum atomic E-state index is 11.9. The van der Waals surface area contributed by atoms with Crippen molar-refractivity contribution in [2.75, 3.05) is 0 Å². The molecular weight excluding hydrogens is 288 g/mol. The summed E-state index contributed by atoms with van der Waals surface area (Å²) in [5.41, 5.74) is 1.47. The Morgan fingerprint density at radius 2 is 1.96 bits per heavy atom. The Kier molecular flexibility index (Phi) is 3.49. The summed E-state index contributed by atoms with van der Waals surface area (Å²) in [7, 11) is 0. The van der Waals surface area contributed by atoms with Crippen molar-refractivity contribution in [3.05, 3.63) is 41.0 Å². The quantitative estimate of drug-likeness (QED) is 0.864. The normalized spacial score (nSPS) is 33.0. The number of fused-ring (bicyclic) bond motifs is 3. The van der Waals surface area contributed by atoms with E-state index < -0.39 is 17.0 Å². The number of benzene rings is 1. The highest BCUT2D eigenvalue weighted by Gasteiger charge is 2.54. The van der Waals surface area contributed by atoms with Gasteiger partial charge in [0, 0.05) is 11.3 Å². The zero-order valence-electron chi connectivity index (χ0n) is 14.4. The van der Waals surface area contributed by atoms with Gasteiger partial charge in [0.25, 0.3) is 0 Å². The fourth-order valence-electron chi connectivity index (χ4n) is 4.61. The fourth-order valence-corrected chi connectivity index (χ4v) is 4.61. The summed E-state index contributed by atoms with van der Waals surface area (Å²) in [5.74, 6) is -0.698. The second kappa shape index (κ2) is 4.94. The van der Waals surface area contributed by atoms with E-state index in [0.29, 0.717) is 0 Å². The van der Waals surface area contributed by atoms with Gasteiger partial charge >= 0.3 is 5.97 Å². The van der Waals surface area contributed by atoms with Crippen molar-refractivity contribution in [1.82, 2.24) is 0 Å². The molecule has 0 heterocycles. The smallest absolute Gasteiger partial charge is 0.309 e. The number of rotatable bonds is 2. The van der Waals surface area contributed by atoms with Crippen LogP contribution in [0.4, 0.5) is 0 Å². The highest BCUT2D eigenvalue weighted by molar-refractivity contribution is 5.77. The summed E-state index contributed by atoms with van der Waals surface area (Å²) in [6.07, 6.45) is 6.79. The molecule has 1 aromatic carbocycles. The molecule has 0 saturated heterocycles. The van der Waals surface area contributed by atoms with Gasteiger partial charge in [-0.2, -0.15) is 0 Å². The Morgan fingerprint density at radius 1 is 1.26 bits per heavy atom. The number of allylic oxidation sites excluding steroid dienone is 1. The molecular formula is C20H26O3. The van der Waals surface area contributed by atoms with Gasteiger partial charge in [0.1, 0.15) is 0 Å². The van der Waals surface area contributed by atoms with Gasteiger partial charge in [-0.15, -0.1) is 0 Å². The molecule has 1 aromatic rings. The first-order valence-corrected chi connectivity index (χ1v) is 8.38. The summed E-state index contributed by atoms with van der Waals surface area (Å²) in [5, 5.41) is 20.0. The van der Waals surface area contributed by atoms with E-state index in [-0.39, 0.29) is 11.3 Å². The van der Waals surface area contributed by atoms with E-state index in [4.69, 9.17) is 0 Å². The van der Waals surface area contributed by atoms with Gasteiger partial charge < -0.3 is 10.2 Å². The second-order valence-corrected chi connectivity index (χ2v) is 8.19. The highest BCUT2D eigenvalue weighted by atomic mass is 16.4. The van der Waals surface area contributed by atoms with Gasteiger partial charge in [-0.1, -0.05) is 37.6 Å². The van der Waals surface area contributed by atoms with Crippen LogP contribution in [0.2, 0.25) is 0 Å². The zero-order chi connectivity index (χ0) is 17.0. The SMILES string of the molecule is CC(C)(O)c1ccc2c(c1)C=C[C@H]1[C@](C)(C(=O)O)CCC[C@]21C. The van der Waals surface area contributed by atoms with Crippen LogP contribution in [0.5, 0.6) is 0 Å². The number of aliphatic hydroxyl groups is 1. The molecule has 0 unspecified atom stereocenters. The van der Waals surface area contributed by atoms with Crippen molar-refractivity contribution < 1.29 is 15.0 Å². The van der Waals surface area contributed by atoms with Crippen LogP contribution in [0.3, 0.4) is 0 Å². The molecule has 3 nitrogen and oxygen atoms in total. The lowest BCUT2D eigenvalue weighted by molar-refractivity contribution is -0.154. The van der Waals surface area contributed by atoms with Crippen molar-refractivity contribution in [3.63, 3.8) is 0 Å². The summed E-state index contributed by atoms with van der Waals surface area (Å²) < 4.78 is 0. The molecule has 2 aliphatic carbocycles. The number of carboxylic acids is 1. The molecule has 124 valence electrons. The maximum absolute atomic E-state index is 11.9. The number of hydrogen-bond acceptors (Lipinski definition) is 2. The summed E-state index contributed by atoms with van der Waals surface area (Å²) in [6, 6.07) is 6.11. The minimum absolute atomic E-state index is 0.00161. The molecule has 1 saturated carbocycles. The zero-order valence-corrected chi connectivity index (χ0v) is 14.4. The molecule has 1 fully saturated rings. The minimum atomic E-state index is -0.872. The molecule has 3 rings (SSSR count). The average Bonchev–Trinajstić information content (AvgIpc) is 2.45. The standard InChI is InChI=1S/C20H26O3/c1-18(2,23)14-7-8-15-13(12-14)6-9-16-19(15,3)10-5-11-20(16,4)17(21)22/h6-9,12,16,23H,5,10-11H2,1-4H3,(H,21,22)/t16-,19-,20-/m1/s1. The first-order chi connectivity index (χ1) is 10.6. The number of carboxylic acid groups (broad SMARTS) is 1. The Balaban J connectivity index is 2.12. The third-order valence-corrected chi connectivity index (χ3v) is 6.10. The van der Waals surface area contributed by atoms with Gasteiger partial charge in [-0.25, -0.2) is 0 Å². The monoisotopic (exact) mass is 314 g/mol. The number of aliphatic carboxylic acids is 1. The molecule has 3 atom stereocenters. The molecule has 0 aliphatic heterocycles. The van der Waals surface area contributed by atoms with Crippen molar-refractivity contribution in [2.24, 2.45) is 11.3 Å². The summed E-state index contributed by atoms with van der Waals surface area (Å²) >= 11 is 0. The summed E-state index contributed by atoms with van der Waals surface area (Å²) in [6.45, 7) is 7.66. The van der Waals surface area contributed by atoms with Crippen LogP contribution < -0.4 is 0 Å². The van der Waals surface area contributed by atoms with E-state index in [9.17, 15) is 15.0 Å². The lowest BCUT2D eigenvalue weighted by atomic mass is 9.51. The van der Waals surface area contributed by atoms with Gasteiger partial charge in [0.2, 0.25) is 0 Å². The molecule has 0 amide bonds.